The van der Waals surface area contributed by atoms with E-state index < -0.39 is 0 Å². The molecular formula is C18H22N4O2. The summed E-state index contributed by atoms with van der Waals surface area (Å²) in [6, 6.07) is 9.78. The summed E-state index contributed by atoms with van der Waals surface area (Å²) in [7, 11) is 1.60. The fourth-order valence-electron chi connectivity index (χ4n) is 2.10. The zero-order chi connectivity index (χ0) is 17.5. The monoisotopic (exact) mass is 326 g/mol. The number of nitrogens with one attached hydrogen (secondary N) is 1. The normalized spacial score (nSPS) is 11.0. The smallest absolute Gasteiger partial charge is 0.246 e. The molecule has 0 aliphatic rings. The minimum atomic E-state index is -0.235. The van der Waals surface area contributed by atoms with Gasteiger partial charge in [-0.15, -0.1) is 0 Å². The van der Waals surface area contributed by atoms with E-state index in [2.05, 4.69) is 10.4 Å². The molecule has 6 nitrogen and oxygen atoms in total. The third-order valence-corrected chi connectivity index (χ3v) is 3.25. The summed E-state index contributed by atoms with van der Waals surface area (Å²) in [5, 5.41) is 7.02. The Morgan fingerprint density at radius 3 is 2.67 bits per heavy atom. The molecule has 6 heteroatoms. The van der Waals surface area contributed by atoms with Crippen molar-refractivity contribution in [1.29, 1.82) is 0 Å². The highest BCUT2D eigenvalue weighted by Gasteiger charge is 2.11. The molecule has 2 rings (SSSR count). The van der Waals surface area contributed by atoms with Gasteiger partial charge in [-0.1, -0.05) is 18.2 Å². The number of benzene rings is 1. The molecule has 0 fully saturated rings. The molecule has 2 aromatic rings. The van der Waals surface area contributed by atoms with E-state index in [-0.39, 0.29) is 24.4 Å². The molecule has 0 atom stereocenters. The van der Waals surface area contributed by atoms with Crippen molar-refractivity contribution >= 4 is 17.9 Å². The van der Waals surface area contributed by atoms with Crippen molar-refractivity contribution in [2.75, 3.05) is 13.6 Å². The first-order valence-electron chi connectivity index (χ1n) is 7.78. The van der Waals surface area contributed by atoms with Gasteiger partial charge in [0.1, 0.15) is 0 Å². The second kappa shape index (κ2) is 8.10. The standard InChI is InChI=1S/C18H22N4O2/c1-14(2)20-17(23)13-21(3)18(24)10-9-15-11-19-22(12-15)16-7-5-4-6-8-16/h4-12,14H,13H2,1-3H3,(H,20,23)/b10-9+. The molecule has 1 aromatic carbocycles. The van der Waals surface area contributed by atoms with Gasteiger partial charge in [0.15, 0.2) is 0 Å². The Morgan fingerprint density at radius 2 is 2.00 bits per heavy atom. The lowest BCUT2D eigenvalue weighted by molar-refractivity contribution is -0.131. The SMILES string of the molecule is CC(C)NC(=O)CN(C)C(=O)/C=C/c1cnn(-c2ccccc2)c1. The van der Waals surface area contributed by atoms with Crippen LogP contribution in [0, 0.1) is 0 Å². The quantitative estimate of drug-likeness (QED) is 0.824. The zero-order valence-electron chi connectivity index (χ0n) is 14.1. The maximum absolute atomic E-state index is 12.0. The van der Waals surface area contributed by atoms with Crippen LogP contribution in [0.4, 0.5) is 0 Å². The Labute approximate surface area is 141 Å². The molecule has 0 aliphatic carbocycles. The third-order valence-electron chi connectivity index (χ3n) is 3.25. The first kappa shape index (κ1) is 17.5. The van der Waals surface area contributed by atoms with E-state index in [0.29, 0.717) is 0 Å². The Morgan fingerprint density at radius 1 is 1.29 bits per heavy atom. The largest absolute Gasteiger partial charge is 0.352 e. The average molecular weight is 326 g/mol. The van der Waals surface area contributed by atoms with Crippen molar-refractivity contribution < 1.29 is 9.59 Å². The second-order valence-corrected chi connectivity index (χ2v) is 5.80. The van der Waals surface area contributed by atoms with Crippen molar-refractivity contribution in [3.8, 4) is 5.69 Å². The van der Waals surface area contributed by atoms with Crippen LogP contribution in [0.1, 0.15) is 19.4 Å². The van der Waals surface area contributed by atoms with E-state index in [1.807, 2.05) is 50.4 Å². The van der Waals surface area contributed by atoms with Crippen LogP contribution in [0.25, 0.3) is 11.8 Å². The number of likely N-dealkylation sites (N-methyl/N-ethyl adjacent to an activating group) is 1. The molecule has 2 amide bonds. The van der Waals surface area contributed by atoms with Gasteiger partial charge >= 0.3 is 0 Å². The molecule has 0 radical (unpaired) electrons. The first-order valence-corrected chi connectivity index (χ1v) is 7.78. The molecule has 1 N–H and O–H groups in total. The van der Waals surface area contributed by atoms with Crippen LogP contribution in [0.2, 0.25) is 0 Å². The van der Waals surface area contributed by atoms with E-state index in [9.17, 15) is 9.59 Å². The van der Waals surface area contributed by atoms with Gasteiger partial charge in [0, 0.05) is 30.9 Å². The van der Waals surface area contributed by atoms with E-state index in [1.54, 1.807) is 24.0 Å². The molecule has 24 heavy (non-hydrogen) atoms. The Hall–Kier alpha value is -2.89. The summed E-state index contributed by atoms with van der Waals surface area (Å²) in [4.78, 5) is 25.1. The van der Waals surface area contributed by atoms with Crippen molar-refractivity contribution in [3.63, 3.8) is 0 Å². The summed E-state index contributed by atoms with van der Waals surface area (Å²) < 4.78 is 1.74. The number of hydrogen-bond acceptors (Lipinski definition) is 3. The fraction of sp³-hybridized carbons (Fsp3) is 0.278. The Bertz CT molecular complexity index is 720. The molecule has 126 valence electrons. The minimum Gasteiger partial charge on any atom is -0.352 e. The predicted octanol–water partition coefficient (Wildman–Crippen LogP) is 1.87. The van der Waals surface area contributed by atoms with E-state index >= 15 is 0 Å². The highest BCUT2D eigenvalue weighted by Crippen LogP contribution is 2.08. The zero-order valence-corrected chi connectivity index (χ0v) is 14.1. The van der Waals surface area contributed by atoms with Gasteiger partial charge in [0.2, 0.25) is 11.8 Å². The number of rotatable bonds is 6. The molecule has 0 bridgehead atoms. The van der Waals surface area contributed by atoms with E-state index in [1.165, 1.54) is 11.0 Å². The molecule has 1 aromatic heterocycles. The maximum Gasteiger partial charge on any atom is 0.246 e. The number of amides is 2. The van der Waals surface area contributed by atoms with Gasteiger partial charge in [-0.2, -0.15) is 5.10 Å². The molecule has 1 heterocycles. The number of para-hydroxylation sites is 1. The molecule has 0 saturated heterocycles. The first-order chi connectivity index (χ1) is 11.5. The number of nitrogens with zero attached hydrogens (tertiary/aromatic N) is 3. The van der Waals surface area contributed by atoms with Crippen molar-refractivity contribution in [3.05, 3.63) is 54.4 Å². The summed E-state index contributed by atoms with van der Waals surface area (Å²) in [6.07, 6.45) is 6.65. The third kappa shape index (κ3) is 5.08. The van der Waals surface area contributed by atoms with Gasteiger partial charge in [-0.3, -0.25) is 9.59 Å². The lowest BCUT2D eigenvalue weighted by Gasteiger charge is -2.16. The summed E-state index contributed by atoms with van der Waals surface area (Å²) in [5.41, 5.74) is 1.76. The molecular weight excluding hydrogens is 304 g/mol. The fourth-order valence-corrected chi connectivity index (χ4v) is 2.10. The average Bonchev–Trinajstić information content (AvgIpc) is 3.01. The van der Waals surface area contributed by atoms with E-state index in [0.717, 1.165) is 11.3 Å². The second-order valence-electron chi connectivity index (χ2n) is 5.80. The van der Waals surface area contributed by atoms with Gasteiger partial charge < -0.3 is 10.2 Å². The van der Waals surface area contributed by atoms with Gasteiger partial charge in [-0.05, 0) is 32.1 Å². The molecule has 0 saturated carbocycles. The number of hydrogen-bond donors (Lipinski definition) is 1. The Balaban J connectivity index is 1.94. The van der Waals surface area contributed by atoms with Gasteiger partial charge in [0.25, 0.3) is 0 Å². The van der Waals surface area contributed by atoms with Crippen molar-refractivity contribution in [2.24, 2.45) is 0 Å². The molecule has 0 spiro atoms. The van der Waals surface area contributed by atoms with Crippen LogP contribution < -0.4 is 5.32 Å². The summed E-state index contributed by atoms with van der Waals surface area (Å²) in [5.74, 6) is -0.410. The topological polar surface area (TPSA) is 67.2 Å². The van der Waals surface area contributed by atoms with Crippen LogP contribution in [0.15, 0.2) is 48.8 Å². The highest BCUT2D eigenvalue weighted by molar-refractivity contribution is 5.94. The van der Waals surface area contributed by atoms with E-state index in [4.69, 9.17) is 0 Å². The minimum absolute atomic E-state index is 0.0324. The lowest BCUT2D eigenvalue weighted by atomic mass is 10.3. The van der Waals surface area contributed by atoms with Crippen LogP contribution in [0.3, 0.4) is 0 Å². The number of carbonyl (C=O) groups is 2. The predicted molar refractivity (Wildman–Crippen MR) is 93.5 cm³/mol. The van der Waals surface area contributed by atoms with Crippen molar-refractivity contribution in [2.45, 2.75) is 19.9 Å². The molecule has 0 unspecified atom stereocenters. The van der Waals surface area contributed by atoms with Gasteiger partial charge in [0.05, 0.1) is 18.4 Å². The maximum atomic E-state index is 12.0. The van der Waals surface area contributed by atoms with Gasteiger partial charge in [-0.25, -0.2) is 4.68 Å². The number of aromatic nitrogens is 2. The molecule has 0 aliphatic heterocycles. The summed E-state index contributed by atoms with van der Waals surface area (Å²) >= 11 is 0. The van der Waals surface area contributed by atoms with Crippen LogP contribution >= 0.6 is 0 Å². The number of carbonyl (C=O) groups excluding carboxylic acids is 2. The van der Waals surface area contributed by atoms with Crippen molar-refractivity contribution in [1.82, 2.24) is 20.0 Å². The van der Waals surface area contributed by atoms with Crippen LogP contribution in [0.5, 0.6) is 0 Å². The highest BCUT2D eigenvalue weighted by atomic mass is 16.2. The van der Waals surface area contributed by atoms with Crippen LogP contribution in [-0.2, 0) is 9.59 Å². The van der Waals surface area contributed by atoms with Crippen LogP contribution in [-0.4, -0.2) is 46.1 Å². The summed E-state index contributed by atoms with van der Waals surface area (Å²) in [6.45, 7) is 3.79. The lowest BCUT2D eigenvalue weighted by Crippen LogP contribution is -2.40. The Kier molecular flexibility index (Phi) is 5.89.